The summed E-state index contributed by atoms with van der Waals surface area (Å²) in [6.45, 7) is 1.35. The maximum Gasteiger partial charge on any atom is 0.367 e. The third kappa shape index (κ3) is 6.97. The van der Waals surface area contributed by atoms with Gasteiger partial charge in [-0.15, -0.1) is 0 Å². The highest BCUT2D eigenvalue weighted by Gasteiger charge is 2.23. The first-order valence-corrected chi connectivity index (χ1v) is 11.1. The number of hydrogen-bond donors (Lipinski definition) is 2. The summed E-state index contributed by atoms with van der Waals surface area (Å²) in [5.41, 5.74) is 2.97. The Morgan fingerprint density at radius 2 is 1.57 bits per heavy atom. The number of esters is 1. The van der Waals surface area contributed by atoms with Crippen LogP contribution in [0.1, 0.15) is 76.7 Å². The molecule has 2 aliphatic carbocycles. The molecule has 1 aromatic rings. The van der Waals surface area contributed by atoms with Crippen molar-refractivity contribution in [2.75, 3.05) is 0 Å². The van der Waals surface area contributed by atoms with Crippen molar-refractivity contribution in [1.82, 2.24) is 10.7 Å². The first-order valence-electron chi connectivity index (χ1n) is 11.1. The highest BCUT2D eigenvalue weighted by atomic mass is 16.6. The summed E-state index contributed by atoms with van der Waals surface area (Å²) in [6.07, 6.45) is 11.2. The van der Waals surface area contributed by atoms with E-state index in [0.717, 1.165) is 38.5 Å². The molecule has 0 heterocycles. The minimum Gasteiger partial charge on any atom is -0.388 e. The average molecular weight is 413 g/mol. The summed E-state index contributed by atoms with van der Waals surface area (Å²) in [5.74, 6) is -0.986. The summed E-state index contributed by atoms with van der Waals surface area (Å²) >= 11 is 0. The second-order valence-corrected chi connectivity index (χ2v) is 8.09. The van der Waals surface area contributed by atoms with Gasteiger partial charge in [0.15, 0.2) is 5.71 Å². The zero-order valence-electron chi connectivity index (χ0n) is 17.7. The van der Waals surface area contributed by atoms with Gasteiger partial charge in [-0.2, -0.15) is 5.10 Å². The van der Waals surface area contributed by atoms with Gasteiger partial charge in [0.05, 0.1) is 6.04 Å². The zero-order valence-corrected chi connectivity index (χ0v) is 17.7. The number of nitrogens with zero attached hydrogens (tertiary/aromatic N) is 2. The number of amides is 1. The number of benzene rings is 1. The number of nitrogens with one attached hydrogen (secondary N) is 2. The van der Waals surface area contributed by atoms with E-state index in [1.807, 2.05) is 18.2 Å². The molecule has 7 nitrogen and oxygen atoms in total. The summed E-state index contributed by atoms with van der Waals surface area (Å²) < 4.78 is 5.72. The SMILES string of the molecule is CC(=O)N/N=C(/C(=O)OC(=NC1CCCCC1)NC1CCCCC1)c1ccccc1. The van der Waals surface area contributed by atoms with E-state index in [1.54, 1.807) is 12.1 Å². The van der Waals surface area contributed by atoms with Gasteiger partial charge >= 0.3 is 5.97 Å². The van der Waals surface area contributed by atoms with Crippen molar-refractivity contribution in [3.05, 3.63) is 35.9 Å². The van der Waals surface area contributed by atoms with Crippen LogP contribution >= 0.6 is 0 Å². The van der Waals surface area contributed by atoms with Gasteiger partial charge in [0.1, 0.15) is 0 Å². The molecule has 0 radical (unpaired) electrons. The first-order chi connectivity index (χ1) is 14.6. The van der Waals surface area contributed by atoms with E-state index >= 15 is 0 Å². The van der Waals surface area contributed by atoms with Gasteiger partial charge in [0.2, 0.25) is 5.91 Å². The number of carbonyl (C=O) groups is 2. The third-order valence-electron chi connectivity index (χ3n) is 5.56. The van der Waals surface area contributed by atoms with Crippen LogP contribution in [0, 0.1) is 0 Å². The molecule has 2 fully saturated rings. The second kappa shape index (κ2) is 11.5. The van der Waals surface area contributed by atoms with Crippen LogP contribution in [0.3, 0.4) is 0 Å². The van der Waals surface area contributed by atoms with Crippen molar-refractivity contribution in [1.29, 1.82) is 0 Å². The predicted molar refractivity (Wildman–Crippen MR) is 117 cm³/mol. The Kier molecular flexibility index (Phi) is 8.41. The Morgan fingerprint density at radius 3 is 2.20 bits per heavy atom. The van der Waals surface area contributed by atoms with Gasteiger partial charge in [-0.05, 0) is 25.7 Å². The molecule has 0 bridgehead atoms. The molecule has 2 N–H and O–H groups in total. The Bertz CT molecular complexity index is 764. The lowest BCUT2D eigenvalue weighted by molar-refractivity contribution is -0.128. The number of amidine groups is 1. The maximum absolute atomic E-state index is 13.0. The highest BCUT2D eigenvalue weighted by molar-refractivity contribution is 6.44. The van der Waals surface area contributed by atoms with Crippen LogP contribution in [0.4, 0.5) is 0 Å². The lowest BCUT2D eigenvalue weighted by Gasteiger charge is -2.25. The van der Waals surface area contributed by atoms with Crippen LogP contribution in [0.2, 0.25) is 0 Å². The fraction of sp³-hybridized carbons (Fsp3) is 0.565. The highest BCUT2D eigenvalue weighted by Crippen LogP contribution is 2.21. The van der Waals surface area contributed by atoms with E-state index in [-0.39, 0.29) is 29.7 Å². The molecule has 30 heavy (non-hydrogen) atoms. The molecule has 0 atom stereocenters. The van der Waals surface area contributed by atoms with E-state index in [0.29, 0.717) is 5.56 Å². The normalized spacial score (nSPS) is 19.2. The van der Waals surface area contributed by atoms with Crippen molar-refractivity contribution in [3.63, 3.8) is 0 Å². The lowest BCUT2D eigenvalue weighted by atomic mass is 9.95. The van der Waals surface area contributed by atoms with E-state index in [2.05, 4.69) is 15.8 Å². The minimum atomic E-state index is -0.632. The number of aliphatic imine (C=N–C) groups is 1. The van der Waals surface area contributed by atoms with E-state index in [1.165, 1.54) is 32.6 Å². The fourth-order valence-electron chi connectivity index (χ4n) is 3.99. The molecule has 0 spiro atoms. The summed E-state index contributed by atoms with van der Waals surface area (Å²) in [5, 5.41) is 7.37. The third-order valence-corrected chi connectivity index (χ3v) is 5.56. The molecule has 7 heteroatoms. The molecule has 0 saturated heterocycles. The van der Waals surface area contributed by atoms with Gasteiger partial charge in [0.25, 0.3) is 6.02 Å². The summed E-state index contributed by atoms with van der Waals surface area (Å²) in [6, 6.07) is 9.71. The quantitative estimate of drug-likeness (QED) is 0.334. The van der Waals surface area contributed by atoms with Crippen molar-refractivity contribution in [2.24, 2.45) is 10.1 Å². The first kappa shape index (κ1) is 22.0. The fourth-order valence-corrected chi connectivity index (χ4v) is 3.99. The van der Waals surface area contributed by atoms with Crippen LogP contribution in [0.25, 0.3) is 0 Å². The van der Waals surface area contributed by atoms with Crippen molar-refractivity contribution in [3.8, 4) is 0 Å². The Labute approximate surface area is 178 Å². The number of hydrogen-bond acceptors (Lipinski definition) is 5. The van der Waals surface area contributed by atoms with Crippen LogP contribution in [0.5, 0.6) is 0 Å². The average Bonchev–Trinajstić information content (AvgIpc) is 2.76. The molecule has 1 amide bonds. The second-order valence-electron chi connectivity index (χ2n) is 8.09. The molecule has 3 rings (SSSR count). The molecular formula is C23H32N4O3. The molecule has 2 aliphatic rings. The van der Waals surface area contributed by atoms with E-state index in [4.69, 9.17) is 9.73 Å². The minimum absolute atomic E-state index is 0.0487. The Balaban J connectivity index is 1.78. The van der Waals surface area contributed by atoms with Crippen molar-refractivity contribution >= 4 is 23.6 Å². The molecule has 162 valence electrons. The summed E-state index contributed by atoms with van der Waals surface area (Å²) in [4.78, 5) is 29.1. The predicted octanol–water partition coefficient (Wildman–Crippen LogP) is 3.68. The van der Waals surface area contributed by atoms with Crippen molar-refractivity contribution in [2.45, 2.75) is 83.2 Å². The smallest absolute Gasteiger partial charge is 0.367 e. The number of hydrazone groups is 1. The van der Waals surface area contributed by atoms with Crippen molar-refractivity contribution < 1.29 is 14.3 Å². The Morgan fingerprint density at radius 1 is 0.933 bits per heavy atom. The number of rotatable bonds is 5. The molecule has 0 unspecified atom stereocenters. The van der Waals surface area contributed by atoms with Crippen LogP contribution < -0.4 is 10.7 Å². The van der Waals surface area contributed by atoms with Gasteiger partial charge in [0, 0.05) is 18.5 Å². The molecule has 0 aromatic heterocycles. The molecular weight excluding hydrogens is 380 g/mol. The molecule has 0 aliphatic heterocycles. The molecule has 1 aromatic carbocycles. The van der Waals surface area contributed by atoms with Crippen LogP contribution in [0.15, 0.2) is 40.4 Å². The lowest BCUT2D eigenvalue weighted by Crippen LogP contribution is -2.41. The van der Waals surface area contributed by atoms with Gasteiger partial charge in [-0.3, -0.25) is 4.79 Å². The van der Waals surface area contributed by atoms with Crippen LogP contribution in [-0.4, -0.2) is 35.7 Å². The van der Waals surface area contributed by atoms with Gasteiger partial charge in [-0.25, -0.2) is 15.2 Å². The monoisotopic (exact) mass is 412 g/mol. The van der Waals surface area contributed by atoms with Crippen LogP contribution in [-0.2, 0) is 14.3 Å². The Hall–Kier alpha value is -2.70. The number of ether oxygens (including phenoxy) is 1. The summed E-state index contributed by atoms with van der Waals surface area (Å²) in [7, 11) is 0. The zero-order chi connectivity index (χ0) is 21.2. The van der Waals surface area contributed by atoms with E-state index in [9.17, 15) is 9.59 Å². The topological polar surface area (TPSA) is 92.2 Å². The maximum atomic E-state index is 13.0. The number of carbonyl (C=O) groups excluding carboxylic acids is 2. The van der Waals surface area contributed by atoms with Gasteiger partial charge < -0.3 is 10.1 Å². The largest absolute Gasteiger partial charge is 0.388 e. The van der Waals surface area contributed by atoms with Gasteiger partial charge in [-0.1, -0.05) is 68.9 Å². The standard InChI is InChI=1S/C23H32N4O3/c1-17(28)26-27-21(18-11-5-2-6-12-18)22(29)30-23(24-19-13-7-3-8-14-19)25-20-15-9-4-10-16-20/h2,5-6,11-12,19-20H,3-4,7-10,13-16H2,1H3,(H,24,25)(H,26,28)/b27-21+. The van der Waals surface area contributed by atoms with E-state index < -0.39 is 5.97 Å². The molecule has 2 saturated carbocycles.